The van der Waals surface area contributed by atoms with Crippen molar-refractivity contribution in [2.45, 2.75) is 38.7 Å². The van der Waals surface area contributed by atoms with E-state index in [9.17, 15) is 0 Å². The van der Waals surface area contributed by atoms with Crippen LogP contribution in [0.1, 0.15) is 26.7 Å². The summed E-state index contributed by atoms with van der Waals surface area (Å²) >= 11 is 1.78. The van der Waals surface area contributed by atoms with E-state index >= 15 is 0 Å². The van der Waals surface area contributed by atoms with Gasteiger partial charge in [-0.1, -0.05) is 6.58 Å². The lowest BCUT2D eigenvalue weighted by atomic mass is 10.1. The molecule has 1 unspecified atom stereocenters. The summed E-state index contributed by atoms with van der Waals surface area (Å²) in [5.74, 6) is 2.33. The molecule has 0 saturated carbocycles. The molecule has 0 amide bonds. The number of rotatable bonds is 8. The molecule has 2 fully saturated rings. The Morgan fingerprint density at radius 1 is 1.30 bits per heavy atom. The van der Waals surface area contributed by atoms with E-state index in [1.54, 1.807) is 11.8 Å². The van der Waals surface area contributed by atoms with Gasteiger partial charge in [-0.3, -0.25) is 4.90 Å². The molecule has 6 nitrogen and oxygen atoms in total. The van der Waals surface area contributed by atoms with E-state index in [4.69, 9.17) is 18.9 Å². The van der Waals surface area contributed by atoms with Crippen molar-refractivity contribution in [2.75, 3.05) is 44.1 Å². The van der Waals surface area contributed by atoms with E-state index in [1.165, 1.54) is 25.9 Å². The number of hydrogen-bond acceptors (Lipinski definition) is 7. The summed E-state index contributed by atoms with van der Waals surface area (Å²) in [7, 11) is 0. The molecule has 1 aromatic carbocycles. The molecule has 3 aliphatic heterocycles. The maximum atomic E-state index is 6.01. The molecule has 30 heavy (non-hydrogen) atoms. The molecule has 0 bridgehead atoms. The Balaban J connectivity index is 1.22. The van der Waals surface area contributed by atoms with Crippen LogP contribution in [0.4, 0.5) is 5.69 Å². The Labute approximate surface area is 183 Å². The number of anilines is 1. The molecule has 0 aromatic heterocycles. The van der Waals surface area contributed by atoms with Crippen molar-refractivity contribution in [1.29, 1.82) is 0 Å². The summed E-state index contributed by atoms with van der Waals surface area (Å²) in [6, 6.07) is 5.88. The number of allylic oxidation sites excluding steroid dienone is 1. The fourth-order valence-corrected chi connectivity index (χ4v) is 4.36. The van der Waals surface area contributed by atoms with Crippen LogP contribution in [0.5, 0.6) is 11.5 Å². The zero-order chi connectivity index (χ0) is 21.0. The molecule has 2 saturated heterocycles. The van der Waals surface area contributed by atoms with Crippen LogP contribution in [0.2, 0.25) is 0 Å². The first-order valence-electron chi connectivity index (χ1n) is 10.7. The lowest BCUT2D eigenvalue weighted by Gasteiger charge is -2.34. The summed E-state index contributed by atoms with van der Waals surface area (Å²) in [5, 5.41) is 3.36. The van der Waals surface area contributed by atoms with Gasteiger partial charge in [0, 0.05) is 22.8 Å². The average molecular weight is 433 g/mol. The molecule has 4 rings (SSSR count). The highest BCUT2D eigenvalue weighted by molar-refractivity contribution is 8.03. The van der Waals surface area contributed by atoms with Crippen LogP contribution in [0, 0.1) is 5.92 Å². The fraction of sp³-hybridized carbons (Fsp3) is 0.565. The quantitative estimate of drug-likeness (QED) is 0.609. The van der Waals surface area contributed by atoms with E-state index in [1.807, 2.05) is 44.2 Å². The molecule has 7 heteroatoms. The zero-order valence-electron chi connectivity index (χ0n) is 17.9. The van der Waals surface area contributed by atoms with E-state index in [0.29, 0.717) is 19.8 Å². The van der Waals surface area contributed by atoms with E-state index < -0.39 is 5.79 Å². The molecular formula is C23H32N2O4S. The van der Waals surface area contributed by atoms with Gasteiger partial charge in [-0.05, 0) is 64.1 Å². The Bertz CT molecular complexity index is 766. The molecule has 0 radical (unpaired) electrons. The topological polar surface area (TPSA) is 52.2 Å². The zero-order valence-corrected chi connectivity index (χ0v) is 18.7. The number of nitrogens with zero attached hydrogens (tertiary/aromatic N) is 1. The van der Waals surface area contributed by atoms with Gasteiger partial charge in [-0.15, -0.1) is 11.8 Å². The van der Waals surface area contributed by atoms with Gasteiger partial charge < -0.3 is 24.3 Å². The average Bonchev–Trinajstić information content (AvgIpc) is 3.39. The second kappa shape index (κ2) is 9.64. The lowest BCUT2D eigenvalue weighted by molar-refractivity contribution is -0.264. The van der Waals surface area contributed by atoms with Crippen LogP contribution in [0.25, 0.3) is 0 Å². The third kappa shape index (κ3) is 5.94. The number of likely N-dealkylation sites (tertiary alicyclic amines) is 1. The van der Waals surface area contributed by atoms with Crippen LogP contribution in [0.15, 0.2) is 41.8 Å². The Morgan fingerprint density at radius 3 is 2.83 bits per heavy atom. The normalized spacial score (nSPS) is 23.9. The number of hydrogen-bond donors (Lipinski definition) is 1. The van der Waals surface area contributed by atoms with Gasteiger partial charge >= 0.3 is 0 Å². The minimum atomic E-state index is -0.496. The Morgan fingerprint density at radius 2 is 2.07 bits per heavy atom. The number of ether oxygens (including phenoxy) is 4. The van der Waals surface area contributed by atoms with Crippen molar-refractivity contribution in [3.63, 3.8) is 0 Å². The van der Waals surface area contributed by atoms with Gasteiger partial charge in [0.05, 0.1) is 25.5 Å². The van der Waals surface area contributed by atoms with Gasteiger partial charge in [0.2, 0.25) is 0 Å². The Hall–Kier alpha value is -1.67. The SMILES string of the molecule is C=C(/C=C/C1Nc2ccc(OCC3COC(C)(C)OC3)cc2O1)SCN1CCCC1. The van der Waals surface area contributed by atoms with E-state index in [0.717, 1.165) is 28.0 Å². The first-order valence-corrected chi connectivity index (χ1v) is 11.7. The molecule has 1 aromatic rings. The predicted octanol–water partition coefficient (Wildman–Crippen LogP) is 4.45. The minimum absolute atomic E-state index is 0.193. The van der Waals surface area contributed by atoms with Crippen molar-refractivity contribution in [3.05, 3.63) is 41.8 Å². The summed E-state index contributed by atoms with van der Waals surface area (Å²) in [6.45, 7) is 12.3. The van der Waals surface area contributed by atoms with Crippen molar-refractivity contribution in [2.24, 2.45) is 5.92 Å². The first-order chi connectivity index (χ1) is 14.5. The maximum Gasteiger partial charge on any atom is 0.190 e. The summed E-state index contributed by atoms with van der Waals surface area (Å²) in [5.41, 5.74) is 0.971. The molecule has 1 atom stereocenters. The van der Waals surface area contributed by atoms with Crippen molar-refractivity contribution in [1.82, 2.24) is 4.90 Å². The molecule has 0 spiro atoms. The van der Waals surface area contributed by atoms with Crippen molar-refractivity contribution >= 4 is 17.4 Å². The largest absolute Gasteiger partial charge is 0.493 e. The highest BCUT2D eigenvalue weighted by Gasteiger charge is 2.28. The van der Waals surface area contributed by atoms with Gasteiger partial charge in [-0.2, -0.15) is 0 Å². The first kappa shape index (κ1) is 21.6. The third-order valence-electron chi connectivity index (χ3n) is 5.41. The monoisotopic (exact) mass is 432 g/mol. The molecule has 164 valence electrons. The highest BCUT2D eigenvalue weighted by atomic mass is 32.2. The third-order valence-corrected chi connectivity index (χ3v) is 6.41. The maximum absolute atomic E-state index is 6.01. The van der Waals surface area contributed by atoms with Crippen LogP contribution >= 0.6 is 11.8 Å². The lowest BCUT2D eigenvalue weighted by Crippen LogP contribution is -2.41. The Kier molecular flexibility index (Phi) is 6.93. The highest BCUT2D eigenvalue weighted by Crippen LogP contribution is 2.36. The molecule has 3 aliphatic rings. The van der Waals surface area contributed by atoms with Gasteiger partial charge in [0.15, 0.2) is 12.0 Å². The summed E-state index contributed by atoms with van der Waals surface area (Å²) in [6.07, 6.45) is 6.48. The van der Waals surface area contributed by atoms with Gasteiger partial charge in [0.1, 0.15) is 11.5 Å². The van der Waals surface area contributed by atoms with Crippen LogP contribution in [-0.4, -0.2) is 55.7 Å². The van der Waals surface area contributed by atoms with Crippen LogP contribution in [0.3, 0.4) is 0 Å². The van der Waals surface area contributed by atoms with Crippen molar-refractivity contribution < 1.29 is 18.9 Å². The van der Waals surface area contributed by atoms with E-state index in [-0.39, 0.29) is 12.1 Å². The van der Waals surface area contributed by atoms with Gasteiger partial charge in [-0.25, -0.2) is 0 Å². The molecular weight excluding hydrogens is 400 g/mol. The fourth-order valence-electron chi connectivity index (χ4n) is 3.58. The van der Waals surface area contributed by atoms with E-state index in [2.05, 4.69) is 16.8 Å². The number of nitrogens with one attached hydrogen (secondary N) is 1. The summed E-state index contributed by atoms with van der Waals surface area (Å²) < 4.78 is 23.3. The number of fused-ring (bicyclic) bond motifs is 1. The second-order valence-electron chi connectivity index (χ2n) is 8.46. The van der Waals surface area contributed by atoms with Crippen molar-refractivity contribution in [3.8, 4) is 11.5 Å². The molecule has 3 heterocycles. The minimum Gasteiger partial charge on any atom is -0.493 e. The standard InChI is InChI=1S/C23H32N2O4S/c1-17(30-16-25-10-4-5-11-25)6-9-22-24-20-8-7-19(12-21(20)29-22)26-13-18-14-27-23(2,3)28-15-18/h6-9,12,18,22,24H,1,4-5,10-11,13-16H2,2-3H3/b9-6+. The number of benzene rings is 1. The predicted molar refractivity (Wildman–Crippen MR) is 121 cm³/mol. The van der Waals surface area contributed by atoms with Crippen LogP contribution in [-0.2, 0) is 9.47 Å². The molecule has 1 N–H and O–H groups in total. The second-order valence-corrected chi connectivity index (χ2v) is 9.53. The molecule has 0 aliphatic carbocycles. The van der Waals surface area contributed by atoms with Gasteiger partial charge in [0.25, 0.3) is 0 Å². The van der Waals surface area contributed by atoms with Crippen LogP contribution < -0.4 is 14.8 Å². The smallest absolute Gasteiger partial charge is 0.190 e. The number of thioether (sulfide) groups is 1. The summed E-state index contributed by atoms with van der Waals surface area (Å²) in [4.78, 5) is 3.52.